The van der Waals surface area contributed by atoms with Crippen molar-refractivity contribution in [2.45, 2.75) is 27.0 Å². The Kier molecular flexibility index (Phi) is 6.36. The van der Waals surface area contributed by atoms with Gasteiger partial charge in [0.05, 0.1) is 22.8 Å². The number of ether oxygens (including phenoxy) is 1. The molecule has 3 aromatic heterocycles. The third kappa shape index (κ3) is 4.63. The summed E-state index contributed by atoms with van der Waals surface area (Å²) in [6.07, 6.45) is 1.61. The molecule has 0 spiro atoms. The van der Waals surface area contributed by atoms with Gasteiger partial charge in [-0.05, 0) is 25.1 Å². The van der Waals surface area contributed by atoms with Gasteiger partial charge in [0.2, 0.25) is 5.91 Å². The summed E-state index contributed by atoms with van der Waals surface area (Å²) < 4.78 is 6.77. The van der Waals surface area contributed by atoms with Crippen molar-refractivity contribution < 1.29 is 9.53 Å². The highest BCUT2D eigenvalue weighted by Gasteiger charge is 2.16. The molecule has 6 nitrogen and oxygen atoms in total. The third-order valence-electron chi connectivity index (χ3n) is 4.67. The van der Waals surface area contributed by atoms with E-state index in [1.165, 1.54) is 18.3 Å². The van der Waals surface area contributed by atoms with Gasteiger partial charge in [-0.3, -0.25) is 9.78 Å². The quantitative estimate of drug-likeness (QED) is 0.396. The molecule has 158 valence electrons. The van der Waals surface area contributed by atoms with Crippen LogP contribution in [0.1, 0.15) is 23.9 Å². The fourth-order valence-electron chi connectivity index (χ4n) is 3.24. The summed E-state index contributed by atoms with van der Waals surface area (Å²) >= 11 is 14.1. The number of nitrogens with zero attached hydrogens (tertiary/aromatic N) is 3. The van der Waals surface area contributed by atoms with Gasteiger partial charge < -0.3 is 10.1 Å². The number of hydrogen-bond donors (Lipinski definition) is 1. The van der Waals surface area contributed by atoms with E-state index in [4.69, 9.17) is 32.9 Å². The minimum Gasteiger partial charge on any atom is -0.486 e. The summed E-state index contributed by atoms with van der Waals surface area (Å²) in [6.45, 7) is 3.83. The van der Waals surface area contributed by atoms with Crippen molar-refractivity contribution in [1.82, 2.24) is 20.3 Å². The number of thiazole rings is 1. The Morgan fingerprint density at radius 1 is 1.23 bits per heavy atom. The first kappa shape index (κ1) is 21.5. The summed E-state index contributed by atoms with van der Waals surface area (Å²) in [7, 11) is 0. The number of pyridine rings is 2. The number of benzene rings is 1. The molecular formula is C22H18Cl2N4O2S. The highest BCUT2D eigenvalue weighted by Crippen LogP contribution is 2.37. The van der Waals surface area contributed by atoms with E-state index in [1.807, 2.05) is 31.2 Å². The Balaban J connectivity index is 1.70. The van der Waals surface area contributed by atoms with E-state index in [1.54, 1.807) is 17.8 Å². The predicted molar refractivity (Wildman–Crippen MR) is 124 cm³/mol. The molecular weight excluding hydrogens is 455 g/mol. The van der Waals surface area contributed by atoms with Crippen molar-refractivity contribution >= 4 is 51.3 Å². The third-order valence-corrected chi connectivity index (χ3v) is 6.09. The Labute approximate surface area is 193 Å². The van der Waals surface area contributed by atoms with Gasteiger partial charge in [-0.2, -0.15) is 0 Å². The van der Waals surface area contributed by atoms with Gasteiger partial charge in [-0.1, -0.05) is 35.3 Å². The van der Waals surface area contributed by atoms with Crippen LogP contribution in [0, 0.1) is 6.92 Å². The normalized spacial score (nSPS) is 11.0. The fourth-order valence-corrected chi connectivity index (χ4v) is 4.26. The van der Waals surface area contributed by atoms with Crippen molar-refractivity contribution in [3.05, 3.63) is 68.3 Å². The molecule has 1 aromatic carbocycles. The molecule has 4 aromatic rings. The first-order valence-electron chi connectivity index (χ1n) is 9.43. The maximum absolute atomic E-state index is 11.3. The minimum atomic E-state index is -0.143. The first-order valence-corrected chi connectivity index (χ1v) is 11.1. The van der Waals surface area contributed by atoms with Crippen LogP contribution >= 0.6 is 34.5 Å². The van der Waals surface area contributed by atoms with Gasteiger partial charge in [0.25, 0.3) is 0 Å². The van der Waals surface area contributed by atoms with Crippen LogP contribution in [-0.4, -0.2) is 20.9 Å². The molecule has 0 aliphatic carbocycles. The van der Waals surface area contributed by atoms with E-state index in [2.05, 4.69) is 15.3 Å². The van der Waals surface area contributed by atoms with Crippen molar-refractivity contribution in [2.75, 3.05) is 0 Å². The van der Waals surface area contributed by atoms with Gasteiger partial charge in [0, 0.05) is 35.3 Å². The number of para-hydroxylation sites is 1. The SMILES string of the molecule is CC(=O)NCc1nccc(Cl)c1COc1cccc2c(-c3ncsc3Cl)cc(C)nc12. The first-order chi connectivity index (χ1) is 14.9. The van der Waals surface area contributed by atoms with E-state index in [0.717, 1.165) is 22.3 Å². The molecule has 4 rings (SSSR count). The molecule has 0 saturated carbocycles. The second-order valence-electron chi connectivity index (χ2n) is 6.85. The van der Waals surface area contributed by atoms with E-state index in [9.17, 15) is 4.79 Å². The number of aryl methyl sites for hydroxylation is 1. The van der Waals surface area contributed by atoms with Gasteiger partial charge in [0.1, 0.15) is 27.9 Å². The van der Waals surface area contributed by atoms with Crippen LogP contribution in [0.3, 0.4) is 0 Å². The number of halogens is 2. The van der Waals surface area contributed by atoms with Crippen molar-refractivity contribution in [3.63, 3.8) is 0 Å². The number of rotatable bonds is 6. The largest absolute Gasteiger partial charge is 0.486 e. The lowest BCUT2D eigenvalue weighted by atomic mass is 10.0. The van der Waals surface area contributed by atoms with Crippen LogP contribution in [0.15, 0.2) is 42.0 Å². The fraction of sp³-hybridized carbons (Fsp3) is 0.182. The van der Waals surface area contributed by atoms with Gasteiger partial charge in [0.15, 0.2) is 0 Å². The molecule has 1 N–H and O–H groups in total. The monoisotopic (exact) mass is 472 g/mol. The zero-order valence-corrected chi connectivity index (χ0v) is 19.1. The summed E-state index contributed by atoms with van der Waals surface area (Å²) in [5, 5.41) is 4.16. The number of hydrogen-bond acceptors (Lipinski definition) is 6. The minimum absolute atomic E-state index is 0.143. The molecule has 0 aliphatic rings. The van der Waals surface area contributed by atoms with E-state index < -0.39 is 0 Å². The molecule has 0 fully saturated rings. The van der Waals surface area contributed by atoms with Crippen LogP contribution in [0.25, 0.3) is 22.2 Å². The van der Waals surface area contributed by atoms with E-state index in [-0.39, 0.29) is 19.1 Å². The molecule has 9 heteroatoms. The number of carbonyl (C=O) groups excluding carboxylic acids is 1. The van der Waals surface area contributed by atoms with Crippen molar-refractivity contribution in [3.8, 4) is 17.0 Å². The van der Waals surface area contributed by atoms with Crippen LogP contribution in [-0.2, 0) is 17.9 Å². The molecule has 3 heterocycles. The van der Waals surface area contributed by atoms with Crippen molar-refractivity contribution in [1.29, 1.82) is 0 Å². The highest BCUT2D eigenvalue weighted by molar-refractivity contribution is 7.14. The molecule has 0 aliphatic heterocycles. The van der Waals surface area contributed by atoms with Gasteiger partial charge in [-0.25, -0.2) is 9.97 Å². The Morgan fingerprint density at radius 2 is 2.06 bits per heavy atom. The molecule has 0 atom stereocenters. The second kappa shape index (κ2) is 9.18. The lowest BCUT2D eigenvalue weighted by Crippen LogP contribution is -2.21. The standard InChI is InChI=1S/C22H18Cl2N4O2S/c1-12-8-15(21-22(24)31-11-27-21)14-4-3-5-19(20(14)28-12)30-10-16-17(23)6-7-25-18(16)9-26-13(2)29/h3-8,11H,9-10H2,1-2H3,(H,26,29). The zero-order valence-electron chi connectivity index (χ0n) is 16.8. The Bertz CT molecular complexity index is 1280. The summed E-state index contributed by atoms with van der Waals surface area (Å²) in [4.78, 5) is 24.8. The summed E-state index contributed by atoms with van der Waals surface area (Å²) in [6, 6.07) is 9.40. The topological polar surface area (TPSA) is 77.0 Å². The Morgan fingerprint density at radius 3 is 2.81 bits per heavy atom. The molecule has 31 heavy (non-hydrogen) atoms. The van der Waals surface area contributed by atoms with Crippen LogP contribution in [0.5, 0.6) is 5.75 Å². The number of carbonyl (C=O) groups is 1. The summed E-state index contributed by atoms with van der Waals surface area (Å²) in [5.74, 6) is 0.467. The maximum Gasteiger partial charge on any atom is 0.217 e. The van der Waals surface area contributed by atoms with Gasteiger partial charge >= 0.3 is 0 Å². The van der Waals surface area contributed by atoms with E-state index in [0.29, 0.717) is 31.9 Å². The smallest absolute Gasteiger partial charge is 0.217 e. The zero-order chi connectivity index (χ0) is 22.0. The average Bonchev–Trinajstić information content (AvgIpc) is 3.16. The number of amides is 1. The lowest BCUT2D eigenvalue weighted by Gasteiger charge is -2.14. The number of fused-ring (bicyclic) bond motifs is 1. The molecule has 0 unspecified atom stereocenters. The second-order valence-corrected chi connectivity index (χ2v) is 8.72. The number of aromatic nitrogens is 3. The van der Waals surface area contributed by atoms with Crippen LogP contribution in [0.4, 0.5) is 0 Å². The molecule has 0 saturated heterocycles. The molecule has 0 bridgehead atoms. The van der Waals surface area contributed by atoms with Gasteiger partial charge in [-0.15, -0.1) is 11.3 Å². The van der Waals surface area contributed by atoms with Crippen LogP contribution in [0.2, 0.25) is 9.36 Å². The lowest BCUT2D eigenvalue weighted by molar-refractivity contribution is -0.119. The molecule has 0 radical (unpaired) electrons. The average molecular weight is 473 g/mol. The van der Waals surface area contributed by atoms with Crippen LogP contribution < -0.4 is 10.1 Å². The number of nitrogens with one attached hydrogen (secondary N) is 1. The maximum atomic E-state index is 11.3. The predicted octanol–water partition coefficient (Wildman–Crippen LogP) is 5.58. The summed E-state index contributed by atoms with van der Waals surface area (Å²) in [5.41, 5.74) is 6.27. The van der Waals surface area contributed by atoms with E-state index >= 15 is 0 Å². The van der Waals surface area contributed by atoms with Crippen molar-refractivity contribution in [2.24, 2.45) is 0 Å². The highest BCUT2D eigenvalue weighted by atomic mass is 35.5. The Hall–Kier alpha value is -2.74. The molecule has 1 amide bonds.